The smallest absolute Gasteiger partial charge is 0.233 e. The van der Waals surface area contributed by atoms with Gasteiger partial charge in [-0.05, 0) is 26.7 Å². The minimum Gasteiger partial charge on any atom is -0.277 e. The second-order valence-corrected chi connectivity index (χ2v) is 5.86. The average molecular weight is 275 g/mol. The van der Waals surface area contributed by atoms with Crippen molar-refractivity contribution in [1.29, 1.82) is 0 Å². The van der Waals surface area contributed by atoms with Crippen molar-refractivity contribution in [3.05, 3.63) is 17.5 Å². The van der Waals surface area contributed by atoms with Gasteiger partial charge in [-0.3, -0.25) is 19.2 Å². The normalized spacial score (nSPS) is 26.2. The number of nitrogens with zero attached hydrogens (tertiary/aromatic N) is 3. The maximum Gasteiger partial charge on any atom is 0.233 e. The second kappa shape index (κ2) is 5.04. The van der Waals surface area contributed by atoms with E-state index in [1.807, 2.05) is 24.7 Å². The number of amides is 2. The Kier molecular flexibility index (Phi) is 3.36. The van der Waals surface area contributed by atoms with E-state index in [-0.39, 0.29) is 23.7 Å². The molecule has 1 aromatic rings. The minimum atomic E-state index is -0.0576. The monoisotopic (exact) mass is 275 g/mol. The first-order valence-electron chi connectivity index (χ1n) is 7.50. The lowest BCUT2D eigenvalue weighted by atomic mass is 9.81. The van der Waals surface area contributed by atoms with Crippen molar-refractivity contribution in [2.24, 2.45) is 11.8 Å². The van der Waals surface area contributed by atoms with Crippen molar-refractivity contribution in [2.45, 2.75) is 52.6 Å². The lowest BCUT2D eigenvalue weighted by Gasteiger charge is -2.19. The molecule has 2 heterocycles. The number of aryl methyl sites for hydroxylation is 2. The number of fused-ring (bicyclic) bond motifs is 1. The van der Waals surface area contributed by atoms with E-state index in [9.17, 15) is 9.59 Å². The first kappa shape index (κ1) is 13.3. The molecule has 0 bridgehead atoms. The molecule has 5 nitrogen and oxygen atoms in total. The Morgan fingerprint density at radius 1 is 1.20 bits per heavy atom. The standard InChI is InChI=1S/C15H21N3O2/c1-3-17-8-11(10(2)16-17)9-18-14(19)12-6-4-5-7-13(12)15(18)20/h8,12-13H,3-7,9H2,1-2H3/t12-,13-/m1/s1. The van der Waals surface area contributed by atoms with Gasteiger partial charge >= 0.3 is 0 Å². The van der Waals surface area contributed by atoms with Gasteiger partial charge in [-0.25, -0.2) is 0 Å². The zero-order chi connectivity index (χ0) is 14.3. The summed E-state index contributed by atoms with van der Waals surface area (Å²) in [5.74, 6) is -0.0535. The van der Waals surface area contributed by atoms with Crippen LogP contribution in [0, 0.1) is 18.8 Å². The van der Waals surface area contributed by atoms with Crippen LogP contribution < -0.4 is 0 Å². The summed E-state index contributed by atoms with van der Waals surface area (Å²) in [4.78, 5) is 26.3. The number of carbonyl (C=O) groups is 2. The maximum atomic E-state index is 12.4. The van der Waals surface area contributed by atoms with Crippen LogP contribution >= 0.6 is 0 Å². The third-order valence-electron chi connectivity index (χ3n) is 4.63. The van der Waals surface area contributed by atoms with Crippen LogP contribution in [0.5, 0.6) is 0 Å². The molecule has 0 spiro atoms. The van der Waals surface area contributed by atoms with Crippen LogP contribution in [0.15, 0.2) is 6.20 Å². The molecule has 0 aromatic carbocycles. The zero-order valence-corrected chi connectivity index (χ0v) is 12.1. The highest BCUT2D eigenvalue weighted by atomic mass is 16.2. The largest absolute Gasteiger partial charge is 0.277 e. The lowest BCUT2D eigenvalue weighted by molar-refractivity contribution is -0.140. The predicted molar refractivity (Wildman–Crippen MR) is 73.6 cm³/mol. The number of carbonyl (C=O) groups excluding carboxylic acids is 2. The number of aromatic nitrogens is 2. The van der Waals surface area contributed by atoms with Crippen LogP contribution in [0.1, 0.15) is 43.9 Å². The Morgan fingerprint density at radius 2 is 1.80 bits per heavy atom. The highest BCUT2D eigenvalue weighted by Gasteiger charge is 2.48. The van der Waals surface area contributed by atoms with Crippen LogP contribution in [0.25, 0.3) is 0 Å². The molecular weight excluding hydrogens is 254 g/mol. The van der Waals surface area contributed by atoms with E-state index in [2.05, 4.69) is 5.10 Å². The molecule has 1 aliphatic carbocycles. The van der Waals surface area contributed by atoms with E-state index < -0.39 is 0 Å². The van der Waals surface area contributed by atoms with E-state index in [0.29, 0.717) is 6.54 Å². The Bertz CT molecular complexity index is 525. The van der Waals surface area contributed by atoms with Crippen molar-refractivity contribution < 1.29 is 9.59 Å². The summed E-state index contributed by atoms with van der Waals surface area (Å²) in [7, 11) is 0. The molecule has 1 aromatic heterocycles. The van der Waals surface area contributed by atoms with Crippen LogP contribution in [0.2, 0.25) is 0 Å². The Balaban J connectivity index is 1.81. The fourth-order valence-corrected chi connectivity index (χ4v) is 3.43. The van der Waals surface area contributed by atoms with Crippen LogP contribution in [0.4, 0.5) is 0 Å². The van der Waals surface area contributed by atoms with Gasteiger partial charge in [-0.2, -0.15) is 5.10 Å². The topological polar surface area (TPSA) is 55.2 Å². The van der Waals surface area contributed by atoms with Crippen molar-refractivity contribution in [3.8, 4) is 0 Å². The molecule has 1 saturated carbocycles. The van der Waals surface area contributed by atoms with E-state index in [1.54, 1.807) is 0 Å². The van der Waals surface area contributed by atoms with Crippen molar-refractivity contribution in [3.63, 3.8) is 0 Å². The highest BCUT2D eigenvalue weighted by Crippen LogP contribution is 2.38. The number of imide groups is 1. The third-order valence-corrected chi connectivity index (χ3v) is 4.63. The third kappa shape index (κ3) is 2.05. The van der Waals surface area contributed by atoms with Gasteiger partial charge in [0.1, 0.15) is 0 Å². The molecule has 3 rings (SSSR count). The van der Waals surface area contributed by atoms with Gasteiger partial charge in [-0.1, -0.05) is 12.8 Å². The summed E-state index contributed by atoms with van der Waals surface area (Å²) in [6.45, 7) is 5.14. The van der Waals surface area contributed by atoms with Gasteiger partial charge in [0.2, 0.25) is 11.8 Å². The quantitative estimate of drug-likeness (QED) is 0.792. The van der Waals surface area contributed by atoms with Crippen molar-refractivity contribution in [1.82, 2.24) is 14.7 Å². The van der Waals surface area contributed by atoms with Gasteiger partial charge in [0.15, 0.2) is 0 Å². The molecule has 5 heteroatoms. The first-order chi connectivity index (χ1) is 9.61. The number of hydrogen-bond donors (Lipinski definition) is 0. The average Bonchev–Trinajstić information content (AvgIpc) is 2.93. The fourth-order valence-electron chi connectivity index (χ4n) is 3.43. The molecule has 20 heavy (non-hydrogen) atoms. The van der Waals surface area contributed by atoms with E-state index in [4.69, 9.17) is 0 Å². The van der Waals surface area contributed by atoms with Gasteiger partial charge in [0, 0.05) is 18.3 Å². The lowest BCUT2D eigenvalue weighted by Crippen LogP contribution is -2.30. The fraction of sp³-hybridized carbons (Fsp3) is 0.667. The van der Waals surface area contributed by atoms with Gasteiger partial charge in [-0.15, -0.1) is 0 Å². The van der Waals surface area contributed by atoms with E-state index in [1.165, 1.54) is 4.90 Å². The summed E-state index contributed by atoms with van der Waals surface area (Å²) in [5.41, 5.74) is 1.88. The summed E-state index contributed by atoms with van der Waals surface area (Å²) >= 11 is 0. The first-order valence-corrected chi connectivity index (χ1v) is 7.50. The molecule has 108 valence electrons. The zero-order valence-electron chi connectivity index (χ0n) is 12.1. The summed E-state index contributed by atoms with van der Waals surface area (Å²) in [5, 5.41) is 4.38. The van der Waals surface area contributed by atoms with Crippen LogP contribution in [0.3, 0.4) is 0 Å². The Labute approximate surface area is 118 Å². The van der Waals surface area contributed by atoms with Gasteiger partial charge < -0.3 is 0 Å². The molecule has 0 radical (unpaired) electrons. The van der Waals surface area contributed by atoms with E-state index >= 15 is 0 Å². The molecule has 0 N–H and O–H groups in total. The predicted octanol–water partition coefficient (Wildman–Crippen LogP) is 1.89. The van der Waals surface area contributed by atoms with Crippen molar-refractivity contribution >= 4 is 11.8 Å². The Morgan fingerprint density at radius 3 is 2.30 bits per heavy atom. The number of hydrogen-bond acceptors (Lipinski definition) is 3. The maximum absolute atomic E-state index is 12.4. The minimum absolute atomic E-state index is 0.0309. The van der Waals surface area contributed by atoms with Crippen LogP contribution in [-0.4, -0.2) is 26.5 Å². The van der Waals surface area contributed by atoms with Crippen molar-refractivity contribution in [2.75, 3.05) is 0 Å². The molecule has 2 amide bonds. The molecule has 1 aliphatic heterocycles. The summed E-state index contributed by atoms with van der Waals surface area (Å²) in [6, 6.07) is 0. The van der Waals surface area contributed by atoms with Gasteiger partial charge in [0.05, 0.1) is 24.1 Å². The Hall–Kier alpha value is -1.65. The molecule has 2 atom stereocenters. The number of likely N-dealkylation sites (tertiary alicyclic amines) is 1. The molecule has 2 fully saturated rings. The molecule has 0 unspecified atom stereocenters. The highest BCUT2D eigenvalue weighted by molar-refractivity contribution is 6.05. The summed E-state index contributed by atoms with van der Waals surface area (Å²) < 4.78 is 1.85. The molecule has 1 saturated heterocycles. The molecular formula is C15H21N3O2. The second-order valence-electron chi connectivity index (χ2n) is 5.86. The summed E-state index contributed by atoms with van der Waals surface area (Å²) in [6.07, 6.45) is 5.83. The molecule has 2 aliphatic rings. The van der Waals surface area contributed by atoms with E-state index in [0.717, 1.165) is 43.5 Å². The number of rotatable bonds is 3. The SMILES string of the molecule is CCn1cc(CN2C(=O)[C@@H]3CCCC[C@H]3C2=O)c(C)n1. The van der Waals surface area contributed by atoms with Crippen LogP contribution in [-0.2, 0) is 22.7 Å². The van der Waals surface area contributed by atoms with Gasteiger partial charge in [0.25, 0.3) is 0 Å².